The fourth-order valence-electron chi connectivity index (χ4n) is 2.57. The topological polar surface area (TPSA) is 85.4 Å². The van der Waals surface area contributed by atoms with E-state index in [0.29, 0.717) is 12.3 Å². The van der Waals surface area contributed by atoms with Gasteiger partial charge < -0.3 is 10.1 Å². The number of sulfone groups is 1. The van der Waals surface area contributed by atoms with E-state index < -0.39 is 21.6 Å². The molecule has 2 aromatic carbocycles. The highest BCUT2D eigenvalue weighted by atomic mass is 32.2. The second-order valence-corrected chi connectivity index (χ2v) is 9.11. The van der Waals surface area contributed by atoms with Gasteiger partial charge in [0.25, 0.3) is 0 Å². The number of halogens is 1. The molecule has 3 rings (SSSR count). The molecule has 1 amide bonds. The van der Waals surface area contributed by atoms with Crippen LogP contribution in [-0.2, 0) is 21.1 Å². The molecular weight excluding hydrogens is 415 g/mol. The number of benzene rings is 2. The van der Waals surface area contributed by atoms with Crippen LogP contribution < -0.4 is 10.1 Å². The molecule has 0 radical (unpaired) electrons. The highest BCUT2D eigenvalue weighted by Gasteiger charge is 2.15. The number of ether oxygens (including phenoxy) is 1. The third-order valence-corrected chi connectivity index (χ3v) is 6.00. The van der Waals surface area contributed by atoms with Gasteiger partial charge in [-0.25, -0.2) is 17.8 Å². The van der Waals surface area contributed by atoms with E-state index in [1.54, 1.807) is 5.38 Å². The first kappa shape index (κ1) is 20.9. The Morgan fingerprint density at radius 3 is 2.59 bits per heavy atom. The maximum absolute atomic E-state index is 13.9. The summed E-state index contributed by atoms with van der Waals surface area (Å²) in [5.41, 5.74) is 1.26. The van der Waals surface area contributed by atoms with Crippen molar-refractivity contribution in [3.63, 3.8) is 0 Å². The van der Waals surface area contributed by atoms with E-state index >= 15 is 0 Å². The molecule has 0 saturated heterocycles. The van der Waals surface area contributed by atoms with Crippen LogP contribution in [0.5, 0.6) is 5.75 Å². The minimum absolute atomic E-state index is 0.0595. The lowest BCUT2D eigenvalue weighted by Crippen LogP contribution is -2.16. The number of aromatic nitrogens is 1. The van der Waals surface area contributed by atoms with Crippen LogP contribution in [0.3, 0.4) is 0 Å². The zero-order valence-electron chi connectivity index (χ0n) is 15.8. The number of nitrogens with one attached hydrogen (secondary N) is 1. The normalized spacial score (nSPS) is 11.3. The summed E-state index contributed by atoms with van der Waals surface area (Å²) in [4.78, 5) is 16.7. The smallest absolute Gasteiger partial charge is 0.230 e. The lowest BCUT2D eigenvalue weighted by Gasteiger charge is -2.07. The lowest BCUT2D eigenvalue weighted by atomic mass is 10.2. The number of nitrogens with zero attached hydrogens (tertiary/aromatic N) is 1. The molecule has 0 bridgehead atoms. The highest BCUT2D eigenvalue weighted by molar-refractivity contribution is 7.90. The molecule has 0 unspecified atom stereocenters. The van der Waals surface area contributed by atoms with Gasteiger partial charge in [0, 0.05) is 17.2 Å². The Balaban J connectivity index is 1.69. The first-order chi connectivity index (χ1) is 13.8. The molecule has 9 heteroatoms. The number of carbonyl (C=O) groups is 1. The van der Waals surface area contributed by atoms with Crippen molar-refractivity contribution in [2.45, 2.75) is 18.2 Å². The Morgan fingerprint density at radius 1 is 1.21 bits per heavy atom. The molecule has 29 heavy (non-hydrogen) atoms. The molecule has 0 aliphatic rings. The molecule has 152 valence electrons. The average Bonchev–Trinajstić information content (AvgIpc) is 3.12. The van der Waals surface area contributed by atoms with Gasteiger partial charge in [0.15, 0.2) is 9.84 Å². The van der Waals surface area contributed by atoms with E-state index in [0.717, 1.165) is 40.8 Å². The van der Waals surface area contributed by atoms with Crippen molar-refractivity contribution in [1.29, 1.82) is 0 Å². The zero-order chi connectivity index (χ0) is 21.0. The predicted octanol–water partition coefficient (Wildman–Crippen LogP) is 3.93. The van der Waals surface area contributed by atoms with Gasteiger partial charge in [-0.3, -0.25) is 4.79 Å². The molecule has 3 aromatic rings. The fraction of sp³-hybridized carbons (Fsp3) is 0.200. The maximum atomic E-state index is 13.9. The predicted molar refractivity (Wildman–Crippen MR) is 111 cm³/mol. The molecule has 1 aromatic heterocycles. The van der Waals surface area contributed by atoms with Crippen molar-refractivity contribution in [2.24, 2.45) is 0 Å². The highest BCUT2D eigenvalue weighted by Crippen LogP contribution is 2.26. The van der Waals surface area contributed by atoms with Crippen molar-refractivity contribution < 1.29 is 22.3 Å². The van der Waals surface area contributed by atoms with Crippen LogP contribution in [0.25, 0.3) is 10.6 Å². The van der Waals surface area contributed by atoms with Gasteiger partial charge in [0.1, 0.15) is 16.6 Å². The molecule has 1 N–H and O–H groups in total. The van der Waals surface area contributed by atoms with E-state index in [4.69, 9.17) is 4.74 Å². The largest absolute Gasteiger partial charge is 0.494 e. The van der Waals surface area contributed by atoms with E-state index in [2.05, 4.69) is 10.3 Å². The van der Waals surface area contributed by atoms with Crippen LogP contribution in [-0.4, -0.2) is 32.2 Å². The molecule has 0 aliphatic heterocycles. The molecule has 0 saturated carbocycles. The third kappa shape index (κ3) is 5.39. The number of amides is 1. The van der Waals surface area contributed by atoms with E-state index in [1.807, 2.05) is 31.2 Å². The summed E-state index contributed by atoms with van der Waals surface area (Å²) in [6, 6.07) is 10.8. The van der Waals surface area contributed by atoms with E-state index in [1.165, 1.54) is 11.3 Å². The third-order valence-electron chi connectivity index (χ3n) is 3.95. The molecule has 0 fully saturated rings. The van der Waals surface area contributed by atoms with Crippen LogP contribution in [0, 0.1) is 5.82 Å². The maximum Gasteiger partial charge on any atom is 0.230 e. The van der Waals surface area contributed by atoms with Crippen molar-refractivity contribution in [3.8, 4) is 16.3 Å². The summed E-state index contributed by atoms with van der Waals surface area (Å²) in [7, 11) is -3.51. The van der Waals surface area contributed by atoms with Gasteiger partial charge in [-0.2, -0.15) is 0 Å². The Bertz CT molecular complexity index is 1130. The summed E-state index contributed by atoms with van der Waals surface area (Å²) in [5.74, 6) is -0.428. The van der Waals surface area contributed by atoms with Crippen molar-refractivity contribution in [1.82, 2.24) is 4.98 Å². The monoisotopic (exact) mass is 434 g/mol. The van der Waals surface area contributed by atoms with Crippen molar-refractivity contribution in [3.05, 3.63) is 59.4 Å². The first-order valence-corrected chi connectivity index (χ1v) is 11.5. The number of carbonyl (C=O) groups excluding carboxylic acids is 1. The van der Waals surface area contributed by atoms with Gasteiger partial charge in [0.05, 0.1) is 29.3 Å². The second-order valence-electron chi connectivity index (χ2n) is 6.24. The van der Waals surface area contributed by atoms with Gasteiger partial charge in [-0.1, -0.05) is 0 Å². The summed E-state index contributed by atoms with van der Waals surface area (Å²) < 4.78 is 42.6. The lowest BCUT2D eigenvalue weighted by molar-refractivity contribution is -0.115. The van der Waals surface area contributed by atoms with Crippen LogP contribution in [0.4, 0.5) is 10.1 Å². The SMILES string of the molecule is CCOc1ccc(-c2nc(CC(=O)Nc3cc(S(C)(=O)=O)ccc3F)cs2)cc1. The van der Waals surface area contributed by atoms with Crippen LogP contribution in [0.1, 0.15) is 12.6 Å². The minimum Gasteiger partial charge on any atom is -0.494 e. The minimum atomic E-state index is -3.51. The molecular formula is C20H19FN2O4S2. The fourth-order valence-corrected chi connectivity index (χ4v) is 4.04. The molecule has 1 heterocycles. The van der Waals surface area contributed by atoms with Crippen LogP contribution in [0.15, 0.2) is 52.7 Å². The Kier molecular flexibility index (Phi) is 6.29. The van der Waals surface area contributed by atoms with Gasteiger partial charge in [-0.05, 0) is 49.4 Å². The van der Waals surface area contributed by atoms with Gasteiger partial charge in [0.2, 0.25) is 5.91 Å². The molecule has 0 atom stereocenters. The van der Waals surface area contributed by atoms with Crippen LogP contribution in [0.2, 0.25) is 0 Å². The quantitative estimate of drug-likeness (QED) is 0.570. The Labute approximate surface area is 172 Å². The van der Waals surface area contributed by atoms with Crippen molar-refractivity contribution >= 4 is 32.8 Å². The Morgan fingerprint density at radius 2 is 1.93 bits per heavy atom. The van der Waals surface area contributed by atoms with Crippen LogP contribution >= 0.6 is 11.3 Å². The number of hydrogen-bond acceptors (Lipinski definition) is 6. The second kappa shape index (κ2) is 8.71. The van der Waals surface area contributed by atoms with E-state index in [9.17, 15) is 17.6 Å². The average molecular weight is 435 g/mol. The summed E-state index contributed by atoms with van der Waals surface area (Å²) in [5, 5.41) is 4.92. The molecule has 6 nitrogen and oxygen atoms in total. The molecule has 0 spiro atoms. The number of rotatable bonds is 7. The summed E-state index contributed by atoms with van der Waals surface area (Å²) in [6.07, 6.45) is 0.958. The molecule has 0 aliphatic carbocycles. The standard InChI is InChI=1S/C20H19FN2O4S2/c1-3-27-15-6-4-13(5-7-15)20-22-14(12-28-20)10-19(24)23-18-11-16(29(2,25)26)8-9-17(18)21/h4-9,11-12H,3,10H2,1-2H3,(H,23,24). The Hall–Kier alpha value is -2.78. The first-order valence-electron chi connectivity index (χ1n) is 8.73. The number of anilines is 1. The van der Waals surface area contributed by atoms with Crippen molar-refractivity contribution in [2.75, 3.05) is 18.2 Å². The zero-order valence-corrected chi connectivity index (χ0v) is 17.4. The number of thiazole rings is 1. The summed E-state index contributed by atoms with van der Waals surface area (Å²) in [6.45, 7) is 2.50. The summed E-state index contributed by atoms with van der Waals surface area (Å²) >= 11 is 1.39. The van der Waals surface area contributed by atoms with Gasteiger partial charge in [-0.15, -0.1) is 11.3 Å². The van der Waals surface area contributed by atoms with E-state index in [-0.39, 0.29) is 17.0 Å². The number of hydrogen-bond donors (Lipinski definition) is 1. The van der Waals surface area contributed by atoms with Gasteiger partial charge >= 0.3 is 0 Å².